The summed E-state index contributed by atoms with van der Waals surface area (Å²) in [6.07, 6.45) is -6.60. The van der Waals surface area contributed by atoms with E-state index in [1.165, 1.54) is 6.08 Å². The zero-order chi connectivity index (χ0) is 26.4. The van der Waals surface area contributed by atoms with E-state index in [4.69, 9.17) is 34.2 Å². The summed E-state index contributed by atoms with van der Waals surface area (Å²) in [6, 6.07) is 1.04. The van der Waals surface area contributed by atoms with Crippen LogP contribution in [0.4, 0.5) is 0 Å². The van der Waals surface area contributed by atoms with Gasteiger partial charge in [-0.1, -0.05) is 0 Å². The van der Waals surface area contributed by atoms with Gasteiger partial charge in [0.05, 0.1) is 13.7 Å². The normalized spacial score (nSPS) is 33.8. The summed E-state index contributed by atoms with van der Waals surface area (Å²) in [5.41, 5.74) is 4.03. The second-order valence-electron chi connectivity index (χ2n) is 8.88. The van der Waals surface area contributed by atoms with Crippen LogP contribution in [0.5, 0.6) is 0 Å². The minimum absolute atomic E-state index is 0.253. The van der Waals surface area contributed by atoms with Gasteiger partial charge in [-0.05, 0) is 19.9 Å². The number of methoxy groups -OCH3 is 1. The van der Waals surface area contributed by atoms with Crippen molar-refractivity contribution in [2.75, 3.05) is 13.7 Å². The molecule has 15 heteroatoms. The van der Waals surface area contributed by atoms with Crippen molar-refractivity contribution in [3.63, 3.8) is 0 Å². The van der Waals surface area contributed by atoms with E-state index in [-0.39, 0.29) is 5.76 Å². The van der Waals surface area contributed by atoms with E-state index in [9.17, 15) is 29.4 Å². The number of nitrogens with zero attached hydrogens (tertiary/aromatic N) is 1. The van der Waals surface area contributed by atoms with Crippen LogP contribution < -0.4 is 17.0 Å². The van der Waals surface area contributed by atoms with E-state index < -0.39 is 84.5 Å². The van der Waals surface area contributed by atoms with Gasteiger partial charge in [0.2, 0.25) is 18.0 Å². The van der Waals surface area contributed by atoms with Crippen molar-refractivity contribution in [2.24, 2.45) is 11.7 Å². The number of hydrogen-bond acceptors (Lipinski definition) is 12. The molecule has 0 aromatic carbocycles. The summed E-state index contributed by atoms with van der Waals surface area (Å²) < 4.78 is 34.4. The van der Waals surface area contributed by atoms with E-state index in [2.05, 4.69) is 0 Å². The molecule has 1 aromatic heterocycles. The molecule has 2 fully saturated rings. The molecule has 2 saturated heterocycles. The number of rotatable bonds is 7. The minimum atomic E-state index is -1.64. The van der Waals surface area contributed by atoms with Crippen LogP contribution in [-0.2, 0) is 38.0 Å². The number of ether oxygens (including phenoxy) is 6. The summed E-state index contributed by atoms with van der Waals surface area (Å²) >= 11 is 0. The molecule has 0 aliphatic carbocycles. The SMILES string of the molecule is COC(=O)C1=C[C@@H]2OC(C)(C)O[C@@H]2[C@@H](O[C@@H](C(N)=O)[C@H]2O[C@@H](n3ccc(=O)[nH]c3=O)[C@H](O)[C@@H]2CO)O1. The van der Waals surface area contributed by atoms with E-state index in [1.807, 2.05) is 4.98 Å². The lowest BCUT2D eigenvalue weighted by molar-refractivity contribution is -0.240. The van der Waals surface area contributed by atoms with Crippen molar-refractivity contribution in [1.82, 2.24) is 9.55 Å². The average molecular weight is 513 g/mol. The molecule has 8 atom stereocenters. The highest BCUT2D eigenvalue weighted by atomic mass is 16.8. The summed E-state index contributed by atoms with van der Waals surface area (Å²) in [6.45, 7) is 2.58. The van der Waals surface area contributed by atoms with Crippen molar-refractivity contribution in [2.45, 2.75) is 62.7 Å². The molecule has 0 spiro atoms. The number of primary amides is 1. The Bertz CT molecular complexity index is 1160. The largest absolute Gasteiger partial charge is 0.463 e. The fourth-order valence-electron chi connectivity index (χ4n) is 4.42. The van der Waals surface area contributed by atoms with Crippen molar-refractivity contribution < 1.29 is 48.2 Å². The number of aliphatic hydroxyl groups is 2. The Labute approximate surface area is 203 Å². The smallest absolute Gasteiger partial charge is 0.373 e. The topological polar surface area (TPSA) is 211 Å². The Hall–Kier alpha value is -3.08. The predicted octanol–water partition coefficient (Wildman–Crippen LogP) is -2.79. The van der Waals surface area contributed by atoms with Crippen LogP contribution >= 0.6 is 0 Å². The Morgan fingerprint density at radius 2 is 2.03 bits per heavy atom. The molecule has 15 nitrogen and oxygen atoms in total. The Balaban J connectivity index is 1.63. The zero-order valence-electron chi connectivity index (χ0n) is 19.6. The third kappa shape index (κ3) is 4.80. The number of nitrogens with one attached hydrogen (secondary N) is 1. The maximum Gasteiger partial charge on any atom is 0.373 e. The van der Waals surface area contributed by atoms with Gasteiger partial charge >= 0.3 is 11.7 Å². The molecule has 1 aromatic rings. The van der Waals surface area contributed by atoms with Crippen LogP contribution in [0, 0.1) is 5.92 Å². The maximum absolute atomic E-state index is 12.5. The molecule has 0 saturated carbocycles. The molecule has 3 aliphatic rings. The van der Waals surface area contributed by atoms with Crippen molar-refractivity contribution in [3.8, 4) is 0 Å². The Morgan fingerprint density at radius 3 is 2.64 bits per heavy atom. The summed E-state index contributed by atoms with van der Waals surface area (Å²) in [4.78, 5) is 50.3. The first-order valence-electron chi connectivity index (χ1n) is 11.0. The molecule has 0 radical (unpaired) electrons. The molecule has 36 heavy (non-hydrogen) atoms. The van der Waals surface area contributed by atoms with Crippen LogP contribution in [0.2, 0.25) is 0 Å². The number of aliphatic hydroxyl groups excluding tert-OH is 2. The molecule has 4 rings (SSSR count). The number of aromatic nitrogens is 2. The molecule has 198 valence electrons. The standard InChI is InChI=1S/C21H27N3O12/c1-21(2)35-9-6-10(18(29)31-3)32-19(14(9)36-21)34-15(16(22)28)13-8(7-25)12(27)17(33-13)24-5-4-11(26)23-20(24)30/h4-6,8-9,12-15,17,19,25,27H,7H2,1-3H3,(H2,22,28)(H,23,26,30)/t8-,9-,12+,13-,14-,15+,17+,19+/m0/s1. The molecule has 5 N–H and O–H groups in total. The van der Waals surface area contributed by atoms with Gasteiger partial charge in [0.25, 0.3) is 5.56 Å². The van der Waals surface area contributed by atoms with Gasteiger partial charge < -0.3 is 44.4 Å². The number of H-pyrrole nitrogens is 1. The first-order valence-corrected chi connectivity index (χ1v) is 11.0. The lowest BCUT2D eigenvalue weighted by Crippen LogP contribution is -2.52. The van der Waals surface area contributed by atoms with Gasteiger partial charge in [-0.25, -0.2) is 9.59 Å². The van der Waals surface area contributed by atoms with Crippen molar-refractivity contribution >= 4 is 11.9 Å². The monoisotopic (exact) mass is 513 g/mol. The third-order valence-corrected chi connectivity index (χ3v) is 6.02. The number of esters is 1. The molecule has 0 unspecified atom stereocenters. The van der Waals surface area contributed by atoms with Gasteiger partial charge in [0.15, 0.2) is 24.2 Å². The van der Waals surface area contributed by atoms with Crippen molar-refractivity contribution in [3.05, 3.63) is 44.9 Å². The number of nitrogens with two attached hydrogens (primary N) is 1. The van der Waals surface area contributed by atoms with Gasteiger partial charge in [-0.3, -0.25) is 19.1 Å². The predicted molar refractivity (Wildman–Crippen MR) is 115 cm³/mol. The molecule has 1 amide bonds. The van der Waals surface area contributed by atoms with Crippen LogP contribution in [0.3, 0.4) is 0 Å². The highest BCUT2D eigenvalue weighted by Gasteiger charge is 2.54. The van der Waals surface area contributed by atoms with Gasteiger partial charge in [0, 0.05) is 18.2 Å². The second kappa shape index (κ2) is 9.76. The molecular formula is C21H27N3O12. The molecular weight excluding hydrogens is 486 g/mol. The quantitative estimate of drug-likeness (QED) is 0.273. The van der Waals surface area contributed by atoms with E-state index in [1.54, 1.807) is 13.8 Å². The fourth-order valence-corrected chi connectivity index (χ4v) is 4.42. The summed E-state index contributed by atoms with van der Waals surface area (Å²) in [5.74, 6) is -4.36. The summed E-state index contributed by atoms with van der Waals surface area (Å²) in [5, 5.41) is 20.7. The number of aromatic amines is 1. The Morgan fingerprint density at radius 1 is 1.31 bits per heavy atom. The van der Waals surface area contributed by atoms with E-state index >= 15 is 0 Å². The Kier molecular flexibility index (Phi) is 7.05. The first kappa shape index (κ1) is 26.0. The molecule has 0 bridgehead atoms. The fraction of sp³-hybridized carbons (Fsp3) is 0.619. The molecule has 4 heterocycles. The third-order valence-electron chi connectivity index (χ3n) is 6.02. The number of fused-ring (bicyclic) bond motifs is 1. The van der Waals surface area contributed by atoms with Gasteiger partial charge in [0.1, 0.15) is 18.3 Å². The van der Waals surface area contributed by atoms with Gasteiger partial charge in [-0.2, -0.15) is 0 Å². The minimum Gasteiger partial charge on any atom is -0.463 e. The van der Waals surface area contributed by atoms with E-state index in [0.29, 0.717) is 0 Å². The van der Waals surface area contributed by atoms with Crippen LogP contribution in [0.15, 0.2) is 33.7 Å². The van der Waals surface area contributed by atoms with Gasteiger partial charge in [-0.15, -0.1) is 0 Å². The van der Waals surface area contributed by atoms with Crippen LogP contribution in [0.25, 0.3) is 0 Å². The highest BCUT2D eigenvalue weighted by molar-refractivity contribution is 5.86. The zero-order valence-corrected chi connectivity index (χ0v) is 19.6. The second-order valence-corrected chi connectivity index (χ2v) is 8.88. The van der Waals surface area contributed by atoms with Crippen LogP contribution in [0.1, 0.15) is 20.1 Å². The lowest BCUT2D eigenvalue weighted by atomic mass is 9.94. The summed E-state index contributed by atoms with van der Waals surface area (Å²) in [7, 11) is 1.15. The average Bonchev–Trinajstić information content (AvgIpc) is 3.30. The highest BCUT2D eigenvalue weighted by Crippen LogP contribution is 2.39. The van der Waals surface area contributed by atoms with Crippen molar-refractivity contribution in [1.29, 1.82) is 0 Å². The lowest BCUT2D eigenvalue weighted by Gasteiger charge is -2.34. The number of hydrogen-bond donors (Lipinski definition) is 4. The number of carbonyl (C=O) groups is 2. The van der Waals surface area contributed by atoms with Crippen LogP contribution in [-0.4, -0.2) is 88.0 Å². The van der Waals surface area contributed by atoms with E-state index in [0.717, 1.165) is 23.9 Å². The number of carbonyl (C=O) groups excluding carboxylic acids is 2. The number of amides is 1. The molecule has 3 aliphatic heterocycles. The first-order chi connectivity index (χ1) is 17.0. The maximum atomic E-state index is 12.5.